The first-order valence-electron chi connectivity index (χ1n) is 8.64. The number of hydrogen-bond acceptors (Lipinski definition) is 4. The van der Waals surface area contributed by atoms with Crippen LogP contribution in [0.5, 0.6) is 0 Å². The molecule has 3 rings (SSSR count). The summed E-state index contributed by atoms with van der Waals surface area (Å²) in [5, 5.41) is 7.57. The number of benzene rings is 2. The van der Waals surface area contributed by atoms with E-state index in [1.165, 1.54) is 22.5 Å². The van der Waals surface area contributed by atoms with Crippen LogP contribution in [0.4, 0.5) is 5.69 Å². The average molecular weight is 379 g/mol. The fraction of sp³-hybridized carbons (Fsp3) is 0.190. The lowest BCUT2D eigenvalue weighted by Crippen LogP contribution is -2.24. The van der Waals surface area contributed by atoms with E-state index in [-0.39, 0.29) is 16.7 Å². The highest BCUT2D eigenvalue weighted by molar-refractivity contribution is 8.00. The molecule has 6 heteroatoms. The number of amides is 1. The first kappa shape index (κ1) is 18.9. The Bertz CT molecular complexity index is 1010. The highest BCUT2D eigenvalue weighted by Crippen LogP contribution is 2.22. The molecule has 0 unspecified atom stereocenters. The highest BCUT2D eigenvalue weighted by Gasteiger charge is 2.16. The van der Waals surface area contributed by atoms with Crippen LogP contribution in [0, 0.1) is 13.8 Å². The summed E-state index contributed by atoms with van der Waals surface area (Å²) in [6, 6.07) is 18.4. The van der Waals surface area contributed by atoms with Crippen LogP contribution in [0.15, 0.2) is 70.5 Å². The molecule has 0 aliphatic rings. The lowest BCUT2D eigenvalue weighted by molar-refractivity contribution is -0.115. The molecule has 1 N–H and O–H groups in total. The molecule has 1 aromatic heterocycles. The van der Waals surface area contributed by atoms with E-state index in [0.717, 1.165) is 16.8 Å². The number of nitrogens with one attached hydrogen (secondary N) is 1. The van der Waals surface area contributed by atoms with E-state index in [9.17, 15) is 9.59 Å². The van der Waals surface area contributed by atoms with Gasteiger partial charge in [0.1, 0.15) is 5.03 Å². The summed E-state index contributed by atoms with van der Waals surface area (Å²) in [5.74, 6) is -0.111. The van der Waals surface area contributed by atoms with Gasteiger partial charge >= 0.3 is 0 Å². The van der Waals surface area contributed by atoms with E-state index in [2.05, 4.69) is 10.4 Å². The van der Waals surface area contributed by atoms with E-state index < -0.39 is 0 Å². The molecule has 0 radical (unpaired) electrons. The van der Waals surface area contributed by atoms with Crippen molar-refractivity contribution in [1.82, 2.24) is 9.78 Å². The topological polar surface area (TPSA) is 64.0 Å². The fourth-order valence-electron chi connectivity index (χ4n) is 2.53. The number of nitrogens with zero attached hydrogens (tertiary/aromatic N) is 2. The Morgan fingerprint density at radius 1 is 1.04 bits per heavy atom. The standard InChI is InChI=1S/C21H21N3O2S/c1-14-7-9-18(10-8-14)24-20(25)12-11-19(23-24)27-16(3)21(26)22-17-6-4-5-15(2)13-17/h4-13,16H,1-3H3,(H,22,26)/t16-/m1/s1. The van der Waals surface area contributed by atoms with Gasteiger partial charge in [-0.15, -0.1) is 0 Å². The van der Waals surface area contributed by atoms with E-state index in [1.807, 2.05) is 69.3 Å². The van der Waals surface area contributed by atoms with E-state index in [4.69, 9.17) is 0 Å². The zero-order valence-electron chi connectivity index (χ0n) is 15.5. The molecule has 1 heterocycles. The zero-order valence-corrected chi connectivity index (χ0v) is 16.3. The molecular formula is C21H21N3O2S. The summed E-state index contributed by atoms with van der Waals surface area (Å²) in [5.41, 5.74) is 3.45. The normalized spacial score (nSPS) is 11.8. The number of thioether (sulfide) groups is 1. The van der Waals surface area contributed by atoms with Crippen molar-refractivity contribution in [3.8, 4) is 5.69 Å². The minimum absolute atomic E-state index is 0.111. The Hall–Kier alpha value is -2.86. The van der Waals surface area contributed by atoms with Gasteiger partial charge in [0.15, 0.2) is 0 Å². The van der Waals surface area contributed by atoms with Gasteiger partial charge in [0, 0.05) is 11.8 Å². The Balaban J connectivity index is 1.75. The molecule has 3 aromatic rings. The average Bonchev–Trinajstić information content (AvgIpc) is 2.64. The highest BCUT2D eigenvalue weighted by atomic mass is 32.2. The van der Waals surface area contributed by atoms with Gasteiger partial charge in [0.2, 0.25) is 5.91 Å². The summed E-state index contributed by atoms with van der Waals surface area (Å²) in [6.07, 6.45) is 0. The van der Waals surface area contributed by atoms with Crippen molar-refractivity contribution in [2.45, 2.75) is 31.0 Å². The van der Waals surface area contributed by atoms with E-state index in [1.54, 1.807) is 6.07 Å². The summed E-state index contributed by atoms with van der Waals surface area (Å²) in [7, 11) is 0. The Morgan fingerprint density at radius 2 is 1.78 bits per heavy atom. The number of carbonyl (C=O) groups is 1. The van der Waals surface area contributed by atoms with Crippen molar-refractivity contribution in [3.63, 3.8) is 0 Å². The first-order chi connectivity index (χ1) is 12.9. The maximum atomic E-state index is 12.5. The predicted octanol–water partition coefficient (Wildman–Crippen LogP) is 3.97. The fourth-order valence-corrected chi connectivity index (χ4v) is 3.33. The second-order valence-electron chi connectivity index (χ2n) is 6.38. The summed E-state index contributed by atoms with van der Waals surface area (Å²) < 4.78 is 1.35. The van der Waals surface area contributed by atoms with Crippen molar-refractivity contribution < 1.29 is 4.79 Å². The lowest BCUT2D eigenvalue weighted by atomic mass is 10.2. The zero-order chi connectivity index (χ0) is 19.4. The number of aryl methyl sites for hydroxylation is 2. The van der Waals surface area contributed by atoms with Crippen LogP contribution in [0.3, 0.4) is 0 Å². The number of rotatable bonds is 5. The van der Waals surface area contributed by atoms with Crippen molar-refractivity contribution in [1.29, 1.82) is 0 Å². The van der Waals surface area contributed by atoms with E-state index in [0.29, 0.717) is 10.7 Å². The van der Waals surface area contributed by atoms with Crippen LogP contribution in [0.1, 0.15) is 18.1 Å². The Kier molecular flexibility index (Phi) is 5.76. The second kappa shape index (κ2) is 8.22. The molecular weight excluding hydrogens is 358 g/mol. The predicted molar refractivity (Wildman–Crippen MR) is 110 cm³/mol. The third-order valence-corrected chi connectivity index (χ3v) is 5.03. The number of anilines is 1. The van der Waals surface area contributed by atoms with Gasteiger partial charge in [-0.3, -0.25) is 9.59 Å². The van der Waals surface area contributed by atoms with E-state index >= 15 is 0 Å². The molecule has 0 fully saturated rings. The molecule has 1 atom stereocenters. The third kappa shape index (κ3) is 4.86. The summed E-state index contributed by atoms with van der Waals surface area (Å²) >= 11 is 1.31. The minimum atomic E-state index is -0.359. The number of aromatic nitrogens is 2. The van der Waals surface area contributed by atoms with Crippen molar-refractivity contribution in [2.24, 2.45) is 0 Å². The molecule has 27 heavy (non-hydrogen) atoms. The molecule has 0 aliphatic carbocycles. The molecule has 1 amide bonds. The van der Waals surface area contributed by atoms with Crippen molar-refractivity contribution in [2.75, 3.05) is 5.32 Å². The molecule has 0 bridgehead atoms. The van der Waals surface area contributed by atoms with Gasteiger partial charge in [0.05, 0.1) is 10.9 Å². The molecule has 138 valence electrons. The van der Waals surface area contributed by atoms with Gasteiger partial charge in [-0.05, 0) is 56.7 Å². The Labute approximate surface area is 162 Å². The van der Waals surface area contributed by atoms with Crippen LogP contribution >= 0.6 is 11.8 Å². The lowest BCUT2D eigenvalue weighted by Gasteiger charge is -2.13. The van der Waals surface area contributed by atoms with Crippen LogP contribution in [0.25, 0.3) is 5.69 Å². The Morgan fingerprint density at radius 3 is 2.48 bits per heavy atom. The van der Waals surface area contributed by atoms with Crippen LogP contribution in [0.2, 0.25) is 0 Å². The molecule has 0 spiro atoms. The van der Waals surface area contributed by atoms with Crippen LogP contribution in [-0.2, 0) is 4.79 Å². The first-order valence-corrected chi connectivity index (χ1v) is 9.52. The molecule has 5 nitrogen and oxygen atoms in total. The van der Waals surface area contributed by atoms with Gasteiger partial charge < -0.3 is 5.32 Å². The maximum Gasteiger partial charge on any atom is 0.271 e. The monoisotopic (exact) mass is 379 g/mol. The molecule has 0 saturated heterocycles. The number of hydrogen-bond donors (Lipinski definition) is 1. The number of carbonyl (C=O) groups excluding carboxylic acids is 1. The minimum Gasteiger partial charge on any atom is -0.325 e. The van der Waals surface area contributed by atoms with Gasteiger partial charge in [-0.25, -0.2) is 0 Å². The third-order valence-electron chi connectivity index (χ3n) is 4.01. The van der Waals surface area contributed by atoms with Crippen LogP contribution in [-0.4, -0.2) is 20.9 Å². The summed E-state index contributed by atoms with van der Waals surface area (Å²) in [6.45, 7) is 5.78. The summed E-state index contributed by atoms with van der Waals surface area (Å²) in [4.78, 5) is 24.6. The molecule has 0 aliphatic heterocycles. The quantitative estimate of drug-likeness (QED) is 0.682. The molecule has 2 aromatic carbocycles. The second-order valence-corrected chi connectivity index (χ2v) is 7.74. The van der Waals surface area contributed by atoms with Crippen molar-refractivity contribution >= 4 is 23.4 Å². The van der Waals surface area contributed by atoms with Crippen molar-refractivity contribution in [3.05, 3.63) is 82.1 Å². The smallest absolute Gasteiger partial charge is 0.271 e. The SMILES string of the molecule is Cc1ccc(-n2nc(S[C@H](C)C(=O)Nc3cccc(C)c3)ccc2=O)cc1. The van der Waals surface area contributed by atoms with Gasteiger partial charge in [-0.2, -0.15) is 9.78 Å². The van der Waals surface area contributed by atoms with Gasteiger partial charge in [0.25, 0.3) is 5.56 Å². The van der Waals surface area contributed by atoms with Gasteiger partial charge in [-0.1, -0.05) is 41.6 Å². The molecule has 0 saturated carbocycles. The van der Waals surface area contributed by atoms with Crippen LogP contribution < -0.4 is 10.9 Å². The largest absolute Gasteiger partial charge is 0.325 e. The maximum absolute atomic E-state index is 12.5.